The minimum atomic E-state index is 0.0563. The van der Waals surface area contributed by atoms with Gasteiger partial charge in [0.05, 0.1) is 5.92 Å². The summed E-state index contributed by atoms with van der Waals surface area (Å²) in [5.41, 5.74) is 2.32. The lowest BCUT2D eigenvalue weighted by atomic mass is 9.89. The normalized spacial score (nSPS) is 26.4. The van der Waals surface area contributed by atoms with Crippen LogP contribution >= 0.6 is 0 Å². The van der Waals surface area contributed by atoms with Crippen LogP contribution in [-0.2, 0) is 4.79 Å². The summed E-state index contributed by atoms with van der Waals surface area (Å²) in [5, 5.41) is 3.40. The van der Waals surface area contributed by atoms with Crippen LogP contribution in [-0.4, -0.2) is 30.4 Å². The second kappa shape index (κ2) is 5.86. The molecule has 1 fully saturated rings. The molecule has 3 heteroatoms. The molecule has 2 aliphatic heterocycles. The SMILES string of the molecule is CC1CCCN(C(=O)C2CCNc3ccccc32)CC1. The maximum Gasteiger partial charge on any atom is 0.230 e. The quantitative estimate of drug-likeness (QED) is 0.851. The average Bonchev–Trinajstić information content (AvgIpc) is 2.71. The van der Waals surface area contributed by atoms with Crippen LogP contribution < -0.4 is 5.32 Å². The van der Waals surface area contributed by atoms with Crippen LogP contribution in [0.25, 0.3) is 0 Å². The average molecular weight is 272 g/mol. The maximum absolute atomic E-state index is 12.9. The fourth-order valence-electron chi connectivity index (χ4n) is 3.43. The van der Waals surface area contributed by atoms with Gasteiger partial charge in [-0.15, -0.1) is 0 Å². The van der Waals surface area contributed by atoms with Crippen molar-refractivity contribution < 1.29 is 4.79 Å². The predicted molar refractivity (Wildman–Crippen MR) is 81.9 cm³/mol. The summed E-state index contributed by atoms with van der Waals surface area (Å²) in [7, 11) is 0. The highest BCUT2D eigenvalue weighted by Crippen LogP contribution is 2.33. The van der Waals surface area contributed by atoms with Gasteiger partial charge in [0.25, 0.3) is 0 Å². The van der Waals surface area contributed by atoms with Crippen molar-refractivity contribution in [3.05, 3.63) is 29.8 Å². The summed E-state index contributed by atoms with van der Waals surface area (Å²) in [6.07, 6.45) is 4.48. The molecular formula is C17H24N2O. The molecule has 0 aliphatic carbocycles. The first kappa shape index (κ1) is 13.5. The van der Waals surface area contributed by atoms with E-state index in [9.17, 15) is 4.79 Å². The molecule has 0 radical (unpaired) electrons. The van der Waals surface area contributed by atoms with Gasteiger partial charge in [0.15, 0.2) is 0 Å². The van der Waals surface area contributed by atoms with E-state index >= 15 is 0 Å². The second-order valence-corrected chi connectivity index (χ2v) is 6.22. The zero-order valence-electron chi connectivity index (χ0n) is 12.3. The number of carbonyl (C=O) groups excluding carboxylic acids is 1. The Hall–Kier alpha value is -1.51. The Balaban J connectivity index is 1.77. The Morgan fingerprint density at radius 2 is 2.05 bits per heavy atom. The number of para-hydroxylation sites is 1. The summed E-state index contributed by atoms with van der Waals surface area (Å²) < 4.78 is 0. The van der Waals surface area contributed by atoms with Crippen molar-refractivity contribution in [2.24, 2.45) is 5.92 Å². The molecule has 108 valence electrons. The standard InChI is InChI=1S/C17H24N2O/c1-13-5-4-11-19(12-9-13)17(20)15-8-10-18-16-7-3-2-6-14(15)16/h2-3,6-7,13,15,18H,4-5,8-12H2,1H3. The zero-order valence-corrected chi connectivity index (χ0v) is 12.3. The molecule has 1 aromatic rings. The fourth-order valence-corrected chi connectivity index (χ4v) is 3.43. The molecule has 2 atom stereocenters. The van der Waals surface area contributed by atoms with E-state index in [-0.39, 0.29) is 5.92 Å². The number of anilines is 1. The van der Waals surface area contributed by atoms with Crippen LogP contribution in [0.5, 0.6) is 0 Å². The number of nitrogens with one attached hydrogen (secondary N) is 1. The Kier molecular flexibility index (Phi) is 3.95. The van der Waals surface area contributed by atoms with Crippen molar-refractivity contribution in [3.63, 3.8) is 0 Å². The number of fused-ring (bicyclic) bond motifs is 1. The van der Waals surface area contributed by atoms with E-state index in [1.54, 1.807) is 0 Å². The first-order valence-electron chi connectivity index (χ1n) is 7.87. The van der Waals surface area contributed by atoms with E-state index in [2.05, 4.69) is 29.3 Å². The molecule has 0 saturated carbocycles. The number of rotatable bonds is 1. The van der Waals surface area contributed by atoms with E-state index in [1.807, 2.05) is 12.1 Å². The molecule has 1 aromatic carbocycles. The lowest BCUT2D eigenvalue weighted by Gasteiger charge is -2.30. The minimum Gasteiger partial charge on any atom is -0.385 e. The smallest absolute Gasteiger partial charge is 0.230 e. The molecule has 3 rings (SSSR count). The summed E-state index contributed by atoms with van der Waals surface area (Å²) in [4.78, 5) is 15.0. The Morgan fingerprint density at radius 3 is 2.95 bits per heavy atom. The van der Waals surface area contributed by atoms with Crippen molar-refractivity contribution in [2.45, 2.75) is 38.5 Å². The third-order valence-electron chi connectivity index (χ3n) is 4.71. The summed E-state index contributed by atoms with van der Waals surface area (Å²) in [5.74, 6) is 1.15. The van der Waals surface area contributed by atoms with E-state index in [0.29, 0.717) is 5.91 Å². The van der Waals surface area contributed by atoms with Gasteiger partial charge in [-0.25, -0.2) is 0 Å². The number of hydrogen-bond acceptors (Lipinski definition) is 2. The summed E-state index contributed by atoms with van der Waals surface area (Å²) in [6, 6.07) is 8.26. The Morgan fingerprint density at radius 1 is 1.20 bits per heavy atom. The van der Waals surface area contributed by atoms with Crippen LogP contribution in [0.2, 0.25) is 0 Å². The van der Waals surface area contributed by atoms with Gasteiger partial charge in [0.2, 0.25) is 5.91 Å². The molecule has 0 spiro atoms. The molecule has 3 nitrogen and oxygen atoms in total. The van der Waals surface area contributed by atoms with Crippen LogP contribution in [0.3, 0.4) is 0 Å². The lowest BCUT2D eigenvalue weighted by molar-refractivity contribution is -0.133. The molecule has 1 amide bonds. The highest BCUT2D eigenvalue weighted by Gasteiger charge is 2.30. The molecule has 2 aliphatic rings. The second-order valence-electron chi connectivity index (χ2n) is 6.22. The Bertz CT molecular complexity index is 486. The van der Waals surface area contributed by atoms with Crippen molar-refractivity contribution in [3.8, 4) is 0 Å². The van der Waals surface area contributed by atoms with E-state index in [4.69, 9.17) is 0 Å². The first-order valence-corrected chi connectivity index (χ1v) is 7.87. The van der Waals surface area contributed by atoms with Crippen molar-refractivity contribution >= 4 is 11.6 Å². The topological polar surface area (TPSA) is 32.3 Å². The van der Waals surface area contributed by atoms with E-state index in [0.717, 1.165) is 50.5 Å². The van der Waals surface area contributed by atoms with Crippen LogP contribution in [0, 0.1) is 5.92 Å². The van der Waals surface area contributed by atoms with E-state index in [1.165, 1.54) is 12.0 Å². The van der Waals surface area contributed by atoms with Gasteiger partial charge in [0.1, 0.15) is 0 Å². The zero-order chi connectivity index (χ0) is 13.9. The minimum absolute atomic E-state index is 0.0563. The number of hydrogen-bond donors (Lipinski definition) is 1. The van der Waals surface area contributed by atoms with Gasteiger partial charge >= 0.3 is 0 Å². The van der Waals surface area contributed by atoms with Crippen LogP contribution in [0.4, 0.5) is 5.69 Å². The largest absolute Gasteiger partial charge is 0.385 e. The Labute approximate surface area is 121 Å². The number of carbonyl (C=O) groups is 1. The number of nitrogens with zero attached hydrogens (tertiary/aromatic N) is 1. The third-order valence-corrected chi connectivity index (χ3v) is 4.71. The molecular weight excluding hydrogens is 248 g/mol. The van der Waals surface area contributed by atoms with Gasteiger partial charge in [-0.1, -0.05) is 25.1 Å². The molecule has 0 aromatic heterocycles. The summed E-state index contributed by atoms with van der Waals surface area (Å²) in [6.45, 7) is 5.08. The highest BCUT2D eigenvalue weighted by atomic mass is 16.2. The molecule has 0 bridgehead atoms. The van der Waals surface area contributed by atoms with Gasteiger partial charge in [-0.05, 0) is 43.2 Å². The van der Waals surface area contributed by atoms with Crippen LogP contribution in [0.15, 0.2) is 24.3 Å². The highest BCUT2D eigenvalue weighted by molar-refractivity contribution is 5.86. The van der Waals surface area contributed by atoms with Gasteiger partial charge < -0.3 is 10.2 Å². The third kappa shape index (κ3) is 2.67. The monoisotopic (exact) mass is 272 g/mol. The molecule has 1 N–H and O–H groups in total. The van der Waals surface area contributed by atoms with E-state index < -0.39 is 0 Å². The molecule has 20 heavy (non-hydrogen) atoms. The van der Waals surface area contributed by atoms with Crippen LogP contribution in [0.1, 0.15) is 44.1 Å². The van der Waals surface area contributed by atoms with Crippen molar-refractivity contribution in [1.82, 2.24) is 4.90 Å². The van der Waals surface area contributed by atoms with Gasteiger partial charge in [0, 0.05) is 25.3 Å². The van der Waals surface area contributed by atoms with Gasteiger partial charge in [-0.2, -0.15) is 0 Å². The number of likely N-dealkylation sites (tertiary alicyclic amines) is 1. The van der Waals surface area contributed by atoms with Crippen molar-refractivity contribution in [1.29, 1.82) is 0 Å². The lowest BCUT2D eigenvalue weighted by Crippen LogP contribution is -2.38. The number of amides is 1. The molecule has 2 unspecified atom stereocenters. The molecule has 2 heterocycles. The fraction of sp³-hybridized carbons (Fsp3) is 0.588. The van der Waals surface area contributed by atoms with Crippen molar-refractivity contribution in [2.75, 3.05) is 25.0 Å². The number of benzene rings is 1. The first-order chi connectivity index (χ1) is 9.75. The molecule has 1 saturated heterocycles. The summed E-state index contributed by atoms with van der Waals surface area (Å²) >= 11 is 0. The maximum atomic E-state index is 12.9. The van der Waals surface area contributed by atoms with Gasteiger partial charge in [-0.3, -0.25) is 4.79 Å². The predicted octanol–water partition coefficient (Wildman–Crippen LogP) is 3.23.